The SMILES string of the molecule is OC(C(F)(F)F)C(F)(F)C(F)(F)F. The first-order valence-electron chi connectivity index (χ1n) is 2.60. The average Bonchev–Trinajstić information content (AvgIpc) is 1.81. The molecule has 1 nitrogen and oxygen atoms in total. The molecular weight excluding hydrogens is 216 g/mol. The second-order valence-electron chi connectivity index (χ2n) is 2.06. The van der Waals surface area contributed by atoms with E-state index in [0.717, 1.165) is 0 Å². The number of hydrogen-bond acceptors (Lipinski definition) is 1. The summed E-state index contributed by atoms with van der Waals surface area (Å²) >= 11 is 0. The van der Waals surface area contributed by atoms with E-state index in [1.807, 2.05) is 0 Å². The van der Waals surface area contributed by atoms with E-state index in [1.54, 1.807) is 0 Å². The summed E-state index contributed by atoms with van der Waals surface area (Å²) in [6, 6.07) is 0. The Kier molecular flexibility index (Phi) is 2.83. The third-order valence-corrected chi connectivity index (χ3v) is 1.03. The van der Waals surface area contributed by atoms with Gasteiger partial charge in [-0.2, -0.15) is 35.1 Å². The Morgan fingerprint density at radius 1 is 0.769 bits per heavy atom. The Hall–Kier alpha value is -0.600. The van der Waals surface area contributed by atoms with Crippen molar-refractivity contribution in [3.8, 4) is 0 Å². The predicted octanol–water partition coefficient (Wildman–Crippen LogP) is 2.11. The van der Waals surface area contributed by atoms with E-state index >= 15 is 0 Å². The molecule has 0 rings (SSSR count). The molecule has 0 aliphatic rings. The lowest BCUT2D eigenvalue weighted by atomic mass is 10.2. The highest BCUT2D eigenvalue weighted by molar-refractivity contribution is 4.88. The molecule has 0 aliphatic carbocycles. The average molecular weight is 218 g/mol. The van der Waals surface area contributed by atoms with Crippen LogP contribution in [0.1, 0.15) is 0 Å². The van der Waals surface area contributed by atoms with Crippen molar-refractivity contribution in [3.05, 3.63) is 0 Å². The summed E-state index contributed by atoms with van der Waals surface area (Å²) in [6.45, 7) is 0. The van der Waals surface area contributed by atoms with Crippen molar-refractivity contribution >= 4 is 0 Å². The second-order valence-corrected chi connectivity index (χ2v) is 2.06. The Morgan fingerprint density at radius 3 is 1.15 bits per heavy atom. The minimum absolute atomic E-state index is 4.74. The van der Waals surface area contributed by atoms with E-state index in [9.17, 15) is 35.1 Å². The van der Waals surface area contributed by atoms with Crippen LogP contribution in [0.25, 0.3) is 0 Å². The standard InChI is InChI=1S/C4H2F8O/c5-2(6,4(10,11)12)1(13)3(7,8)9/h1,13H. The molecule has 13 heavy (non-hydrogen) atoms. The third-order valence-electron chi connectivity index (χ3n) is 1.03. The van der Waals surface area contributed by atoms with Crippen molar-refractivity contribution in [3.63, 3.8) is 0 Å². The number of aliphatic hydroxyl groups is 1. The zero-order valence-electron chi connectivity index (χ0n) is 5.55. The van der Waals surface area contributed by atoms with Crippen LogP contribution in [-0.2, 0) is 0 Å². The molecule has 0 amide bonds. The summed E-state index contributed by atoms with van der Waals surface area (Å²) in [4.78, 5) is 0. The molecule has 0 radical (unpaired) electrons. The molecule has 80 valence electrons. The number of hydrogen-bond donors (Lipinski definition) is 1. The molecule has 1 unspecified atom stereocenters. The lowest BCUT2D eigenvalue weighted by molar-refractivity contribution is -0.359. The fraction of sp³-hybridized carbons (Fsp3) is 1.00. The Bertz CT molecular complexity index is 178. The van der Waals surface area contributed by atoms with Gasteiger partial charge in [0.05, 0.1) is 0 Å². The molecule has 0 aromatic carbocycles. The number of aliphatic hydroxyl groups excluding tert-OH is 1. The number of halogens is 8. The van der Waals surface area contributed by atoms with Gasteiger partial charge in [0.1, 0.15) is 0 Å². The number of rotatable bonds is 1. The van der Waals surface area contributed by atoms with Gasteiger partial charge in [0, 0.05) is 0 Å². The molecule has 0 aliphatic heterocycles. The molecule has 0 spiro atoms. The Morgan fingerprint density at radius 2 is 1.08 bits per heavy atom. The van der Waals surface area contributed by atoms with Crippen LogP contribution in [-0.4, -0.2) is 29.5 Å². The maximum atomic E-state index is 11.7. The van der Waals surface area contributed by atoms with Gasteiger partial charge in [-0.05, 0) is 0 Å². The summed E-state index contributed by atoms with van der Waals surface area (Å²) < 4.78 is 90.8. The fourth-order valence-electron chi connectivity index (χ4n) is 0.361. The summed E-state index contributed by atoms with van der Waals surface area (Å²) in [6.07, 6.45) is -17.2. The smallest absolute Gasteiger partial charge is 0.379 e. The summed E-state index contributed by atoms with van der Waals surface area (Å²) in [5, 5.41) is 7.65. The van der Waals surface area contributed by atoms with Gasteiger partial charge in [0.2, 0.25) is 6.10 Å². The van der Waals surface area contributed by atoms with Gasteiger partial charge in [-0.25, -0.2) is 0 Å². The molecule has 0 saturated carbocycles. The zero-order chi connectivity index (χ0) is 11.1. The summed E-state index contributed by atoms with van der Waals surface area (Å²) in [5.41, 5.74) is 0. The van der Waals surface area contributed by atoms with Crippen LogP contribution >= 0.6 is 0 Å². The van der Waals surface area contributed by atoms with E-state index in [0.29, 0.717) is 0 Å². The molecule has 0 saturated heterocycles. The molecule has 0 bridgehead atoms. The van der Waals surface area contributed by atoms with Crippen molar-refractivity contribution in [1.29, 1.82) is 0 Å². The monoisotopic (exact) mass is 218 g/mol. The largest absolute Gasteiger partial charge is 0.456 e. The van der Waals surface area contributed by atoms with Gasteiger partial charge in [-0.3, -0.25) is 0 Å². The molecule has 0 aromatic rings. The molecule has 0 fully saturated rings. The molecular formula is C4H2F8O. The first-order valence-corrected chi connectivity index (χ1v) is 2.60. The normalized spacial score (nSPS) is 17.3. The van der Waals surface area contributed by atoms with Gasteiger partial charge < -0.3 is 5.11 Å². The van der Waals surface area contributed by atoms with Crippen molar-refractivity contribution in [2.45, 2.75) is 24.4 Å². The topological polar surface area (TPSA) is 20.2 Å². The lowest BCUT2D eigenvalue weighted by Gasteiger charge is -2.25. The van der Waals surface area contributed by atoms with E-state index in [4.69, 9.17) is 5.11 Å². The van der Waals surface area contributed by atoms with Crippen molar-refractivity contribution in [2.24, 2.45) is 0 Å². The van der Waals surface area contributed by atoms with Gasteiger partial charge in [-0.15, -0.1) is 0 Å². The summed E-state index contributed by atoms with van der Waals surface area (Å²) in [7, 11) is 0. The van der Waals surface area contributed by atoms with Crippen LogP contribution in [0.3, 0.4) is 0 Å². The Labute approximate surface area is 66.0 Å². The van der Waals surface area contributed by atoms with Gasteiger partial charge >= 0.3 is 18.3 Å². The van der Waals surface area contributed by atoms with Crippen LogP contribution in [0.5, 0.6) is 0 Å². The van der Waals surface area contributed by atoms with E-state index in [2.05, 4.69) is 0 Å². The van der Waals surface area contributed by atoms with Crippen LogP contribution in [0.2, 0.25) is 0 Å². The first kappa shape index (κ1) is 12.4. The van der Waals surface area contributed by atoms with Crippen LogP contribution < -0.4 is 0 Å². The highest BCUT2D eigenvalue weighted by Crippen LogP contribution is 2.43. The lowest BCUT2D eigenvalue weighted by Crippen LogP contribution is -2.53. The first-order chi connectivity index (χ1) is 5.40. The van der Waals surface area contributed by atoms with Crippen molar-refractivity contribution < 1.29 is 40.2 Å². The molecule has 0 heterocycles. The quantitative estimate of drug-likeness (QED) is 0.668. The molecule has 1 N–H and O–H groups in total. The maximum Gasteiger partial charge on any atom is 0.456 e. The van der Waals surface area contributed by atoms with Gasteiger partial charge in [0.15, 0.2) is 0 Å². The van der Waals surface area contributed by atoms with E-state index in [-0.39, 0.29) is 0 Å². The highest BCUT2D eigenvalue weighted by Gasteiger charge is 2.69. The molecule has 0 aromatic heterocycles. The molecule has 9 heteroatoms. The number of alkyl halides is 8. The fourth-order valence-corrected chi connectivity index (χ4v) is 0.361. The van der Waals surface area contributed by atoms with Crippen LogP contribution in [0, 0.1) is 0 Å². The summed E-state index contributed by atoms with van der Waals surface area (Å²) in [5.74, 6) is -6.19. The highest BCUT2D eigenvalue weighted by atomic mass is 19.4. The van der Waals surface area contributed by atoms with Crippen LogP contribution in [0.15, 0.2) is 0 Å². The maximum absolute atomic E-state index is 11.7. The minimum atomic E-state index is -6.43. The minimum Gasteiger partial charge on any atom is -0.379 e. The van der Waals surface area contributed by atoms with Crippen molar-refractivity contribution in [1.82, 2.24) is 0 Å². The van der Waals surface area contributed by atoms with Gasteiger partial charge in [0.25, 0.3) is 0 Å². The van der Waals surface area contributed by atoms with Crippen molar-refractivity contribution in [2.75, 3.05) is 0 Å². The van der Waals surface area contributed by atoms with Gasteiger partial charge in [-0.1, -0.05) is 0 Å². The van der Waals surface area contributed by atoms with Crippen LogP contribution in [0.4, 0.5) is 35.1 Å². The Balaban J connectivity index is 4.86. The van der Waals surface area contributed by atoms with E-state index in [1.165, 1.54) is 0 Å². The predicted molar refractivity (Wildman–Crippen MR) is 23.1 cm³/mol. The second kappa shape index (κ2) is 2.96. The zero-order valence-corrected chi connectivity index (χ0v) is 5.55. The molecule has 1 atom stereocenters. The van der Waals surface area contributed by atoms with E-state index < -0.39 is 24.4 Å². The third kappa shape index (κ3) is 2.42.